The smallest absolute Gasteiger partial charge is 0.243 e. The van der Waals surface area contributed by atoms with Crippen molar-refractivity contribution in [2.75, 3.05) is 30.3 Å². The van der Waals surface area contributed by atoms with E-state index in [1.54, 1.807) is 12.1 Å². The number of sulfonamides is 2. The Morgan fingerprint density at radius 2 is 1.91 bits per heavy atom. The molecule has 14 heteroatoms. The summed E-state index contributed by atoms with van der Waals surface area (Å²) >= 11 is 0. The lowest BCUT2D eigenvalue weighted by Gasteiger charge is -2.13. The molecule has 0 atom stereocenters. The number of hydrogen-bond donors (Lipinski definition) is 4. The lowest BCUT2D eigenvalue weighted by atomic mass is 10.2. The van der Waals surface area contributed by atoms with Crippen LogP contribution in [0.5, 0.6) is 0 Å². The summed E-state index contributed by atoms with van der Waals surface area (Å²) < 4.78 is 81.8. The molecule has 1 aromatic heterocycles. The first-order chi connectivity index (χ1) is 16.6. The quantitative estimate of drug-likeness (QED) is 0.398. The molecule has 0 fully saturated rings. The van der Waals surface area contributed by atoms with E-state index < -0.39 is 36.6 Å². The third-order valence-corrected chi connectivity index (χ3v) is 8.01. The van der Waals surface area contributed by atoms with Gasteiger partial charge < -0.3 is 10.6 Å². The Balaban J connectivity index is 1.52. The van der Waals surface area contributed by atoms with Crippen molar-refractivity contribution in [3.63, 3.8) is 0 Å². The molecule has 0 aliphatic carbocycles. The largest absolute Gasteiger partial charge is 0.370 e. The Hall–Kier alpha value is -3.20. The summed E-state index contributed by atoms with van der Waals surface area (Å²) in [5, 5.41) is 6.07. The van der Waals surface area contributed by atoms with Crippen LogP contribution in [0.3, 0.4) is 0 Å². The van der Waals surface area contributed by atoms with Crippen LogP contribution < -0.4 is 20.1 Å². The van der Waals surface area contributed by atoms with Gasteiger partial charge in [-0.05, 0) is 49.2 Å². The Labute approximate surface area is 201 Å². The van der Waals surface area contributed by atoms with Crippen LogP contribution in [0.1, 0.15) is 12.0 Å². The first-order valence-corrected chi connectivity index (χ1v) is 13.5. The summed E-state index contributed by atoms with van der Waals surface area (Å²) in [6, 6.07) is 8.41. The molecule has 4 bridgehead atoms. The predicted octanol–water partition coefficient (Wildman–Crippen LogP) is 2.11. The van der Waals surface area contributed by atoms with Gasteiger partial charge in [-0.15, -0.1) is 0 Å². The van der Waals surface area contributed by atoms with Gasteiger partial charge >= 0.3 is 0 Å². The second-order valence-electron chi connectivity index (χ2n) is 7.62. The highest BCUT2D eigenvalue weighted by Gasteiger charge is 2.20. The van der Waals surface area contributed by atoms with Crippen LogP contribution in [0.15, 0.2) is 58.5 Å². The van der Waals surface area contributed by atoms with E-state index in [0.717, 1.165) is 12.1 Å². The predicted molar refractivity (Wildman–Crippen MR) is 125 cm³/mol. The molecule has 1 aliphatic heterocycles. The summed E-state index contributed by atoms with van der Waals surface area (Å²) in [6.07, 6.45) is 2.12. The molecular formula is C21H22F2N6O4S2. The maximum absolute atomic E-state index is 13.9. The van der Waals surface area contributed by atoms with Crippen molar-refractivity contribution in [1.29, 1.82) is 0 Å². The number of hydrogen-bond acceptors (Lipinski definition) is 8. The van der Waals surface area contributed by atoms with Crippen LogP contribution in [0.25, 0.3) is 0 Å². The van der Waals surface area contributed by atoms with Gasteiger partial charge in [-0.3, -0.25) is 0 Å². The van der Waals surface area contributed by atoms with Gasteiger partial charge in [-0.25, -0.2) is 40.0 Å². The van der Waals surface area contributed by atoms with Gasteiger partial charge in [0.1, 0.15) is 22.3 Å². The molecule has 186 valence electrons. The SMILES string of the molecule is O=S1(=O)NCCCNc2nc(ncc2CCNS(=O)(=O)c2cc(F)ccc2F)Nc2cccc1c2. The van der Waals surface area contributed by atoms with Gasteiger partial charge in [0.2, 0.25) is 26.0 Å². The first-order valence-electron chi connectivity index (χ1n) is 10.6. The minimum atomic E-state index is -4.28. The minimum absolute atomic E-state index is 0.105. The molecule has 10 nitrogen and oxygen atoms in total. The zero-order chi connectivity index (χ0) is 25.1. The molecule has 4 rings (SSSR count). The van der Waals surface area contributed by atoms with Gasteiger partial charge in [0.05, 0.1) is 4.90 Å². The molecule has 0 amide bonds. The molecular weight excluding hydrogens is 502 g/mol. The molecule has 3 aromatic rings. The molecule has 35 heavy (non-hydrogen) atoms. The molecule has 1 aliphatic rings. The minimum Gasteiger partial charge on any atom is -0.370 e. The average molecular weight is 525 g/mol. The van der Waals surface area contributed by atoms with Gasteiger partial charge in [0.15, 0.2) is 0 Å². The molecule has 0 saturated heterocycles. The monoisotopic (exact) mass is 524 g/mol. The zero-order valence-corrected chi connectivity index (χ0v) is 19.9. The molecule has 0 saturated carbocycles. The van der Waals surface area contributed by atoms with Gasteiger partial charge in [-0.1, -0.05) is 6.07 Å². The van der Waals surface area contributed by atoms with E-state index in [1.165, 1.54) is 18.3 Å². The highest BCUT2D eigenvalue weighted by atomic mass is 32.2. The van der Waals surface area contributed by atoms with Crippen molar-refractivity contribution in [3.05, 3.63) is 65.9 Å². The van der Waals surface area contributed by atoms with E-state index in [2.05, 4.69) is 30.0 Å². The fourth-order valence-electron chi connectivity index (χ4n) is 3.34. The van der Waals surface area contributed by atoms with Crippen molar-refractivity contribution in [1.82, 2.24) is 19.4 Å². The lowest BCUT2D eigenvalue weighted by Crippen LogP contribution is -2.27. The van der Waals surface area contributed by atoms with Crippen LogP contribution in [0.2, 0.25) is 0 Å². The summed E-state index contributed by atoms with van der Waals surface area (Å²) in [5.74, 6) is -1.29. The molecule has 4 N–H and O–H groups in total. The Bertz CT molecular complexity index is 1450. The number of fused-ring (bicyclic) bond motifs is 4. The van der Waals surface area contributed by atoms with Crippen molar-refractivity contribution in [2.24, 2.45) is 0 Å². The first kappa shape index (κ1) is 24.9. The van der Waals surface area contributed by atoms with Crippen molar-refractivity contribution >= 4 is 37.5 Å². The fourth-order valence-corrected chi connectivity index (χ4v) is 5.58. The maximum atomic E-state index is 13.9. The Kier molecular flexibility index (Phi) is 7.25. The van der Waals surface area contributed by atoms with Crippen LogP contribution >= 0.6 is 0 Å². The fraction of sp³-hybridized carbons (Fsp3) is 0.238. The number of aromatic nitrogens is 2. The van der Waals surface area contributed by atoms with Crippen LogP contribution in [-0.2, 0) is 26.5 Å². The number of rotatable bonds is 5. The number of halogens is 2. The van der Waals surface area contributed by atoms with E-state index in [4.69, 9.17) is 0 Å². The van der Waals surface area contributed by atoms with E-state index in [9.17, 15) is 25.6 Å². The van der Waals surface area contributed by atoms with Crippen molar-refractivity contribution in [2.45, 2.75) is 22.6 Å². The summed E-state index contributed by atoms with van der Waals surface area (Å²) in [5.41, 5.74) is 1.04. The van der Waals surface area contributed by atoms with Gasteiger partial charge in [0.25, 0.3) is 0 Å². The second kappa shape index (κ2) is 10.2. The van der Waals surface area contributed by atoms with Crippen LogP contribution in [-0.4, -0.2) is 46.4 Å². The number of anilines is 3. The Morgan fingerprint density at radius 1 is 1.09 bits per heavy atom. The number of nitrogens with one attached hydrogen (secondary N) is 4. The molecule has 0 radical (unpaired) electrons. The molecule has 0 spiro atoms. The second-order valence-corrected chi connectivity index (χ2v) is 11.1. The van der Waals surface area contributed by atoms with Crippen molar-refractivity contribution < 1.29 is 25.6 Å². The summed E-state index contributed by atoms with van der Waals surface area (Å²) in [4.78, 5) is 8.00. The maximum Gasteiger partial charge on any atom is 0.243 e. The topological polar surface area (TPSA) is 142 Å². The Morgan fingerprint density at radius 3 is 2.74 bits per heavy atom. The van der Waals surface area contributed by atoms with Gasteiger partial charge in [0, 0.05) is 37.1 Å². The van der Waals surface area contributed by atoms with E-state index in [1.807, 2.05) is 0 Å². The normalized spacial score (nSPS) is 15.6. The highest BCUT2D eigenvalue weighted by molar-refractivity contribution is 7.89. The third-order valence-electron chi connectivity index (χ3n) is 5.07. The summed E-state index contributed by atoms with van der Waals surface area (Å²) in [7, 11) is -7.95. The molecule has 2 aromatic carbocycles. The van der Waals surface area contributed by atoms with E-state index >= 15 is 0 Å². The lowest BCUT2D eigenvalue weighted by molar-refractivity contribution is 0.546. The van der Waals surface area contributed by atoms with Crippen molar-refractivity contribution in [3.8, 4) is 0 Å². The van der Waals surface area contributed by atoms with E-state index in [-0.39, 0.29) is 30.4 Å². The third kappa shape index (κ3) is 6.08. The number of benzene rings is 2. The standard InChI is InChI=1S/C21H22F2N6O4S2/c22-15-5-6-18(23)19(11-15)35(32,33)27-10-7-14-13-25-21-28-16-3-1-4-17(12-16)34(30,31)26-9-2-8-24-20(14)29-21/h1,3-6,11-13,26-27H,2,7-10H2,(H2,24,25,28,29). The summed E-state index contributed by atoms with van der Waals surface area (Å²) in [6.45, 7) is 0.452. The van der Waals surface area contributed by atoms with E-state index in [0.29, 0.717) is 36.1 Å². The van der Waals surface area contributed by atoms with Gasteiger partial charge in [-0.2, -0.15) is 4.98 Å². The highest BCUT2D eigenvalue weighted by Crippen LogP contribution is 2.22. The molecule has 2 heterocycles. The molecule has 0 unspecified atom stereocenters. The average Bonchev–Trinajstić information content (AvgIpc) is 2.81. The number of nitrogens with zero attached hydrogens (tertiary/aromatic N) is 2. The zero-order valence-electron chi connectivity index (χ0n) is 18.3. The van der Waals surface area contributed by atoms with Crippen LogP contribution in [0.4, 0.5) is 26.2 Å². The van der Waals surface area contributed by atoms with Crippen LogP contribution in [0, 0.1) is 11.6 Å².